The molecule has 0 heterocycles. The Morgan fingerprint density at radius 2 is 2.06 bits per heavy atom. The summed E-state index contributed by atoms with van der Waals surface area (Å²) in [7, 11) is 4.10. The van der Waals surface area contributed by atoms with Gasteiger partial charge in [-0.1, -0.05) is 12.8 Å². The molecular weight excluding hydrogens is 202 g/mol. The summed E-state index contributed by atoms with van der Waals surface area (Å²) in [5, 5.41) is 2.67. The number of carbonyl (C=O) groups excluding carboxylic acids is 1. The number of carbonyl (C=O) groups is 1. The molecule has 0 unspecified atom stereocenters. The van der Waals surface area contributed by atoms with Crippen LogP contribution in [0.15, 0.2) is 0 Å². The van der Waals surface area contributed by atoms with Crippen LogP contribution < -0.4 is 5.32 Å². The predicted octanol–water partition coefficient (Wildman–Crippen LogP) is 0.00940. The molecule has 0 radical (unpaired) electrons. The minimum Gasteiger partial charge on any atom is -0.344 e. The molecule has 0 aliphatic carbocycles. The molecule has 0 aromatic heterocycles. The van der Waals surface area contributed by atoms with Crippen LogP contribution in [0.2, 0.25) is 0 Å². The minimum absolute atomic E-state index is 0.00431. The first-order valence-electron chi connectivity index (χ1n) is 5.67. The maximum atomic E-state index is 11.4. The van der Waals surface area contributed by atoms with Crippen molar-refractivity contribution in [2.45, 2.75) is 13.3 Å². The van der Waals surface area contributed by atoms with Crippen molar-refractivity contribution in [3.8, 4) is 12.3 Å². The third-order valence-corrected chi connectivity index (χ3v) is 2.28. The van der Waals surface area contributed by atoms with Gasteiger partial charge >= 0.3 is 0 Å². The van der Waals surface area contributed by atoms with Crippen molar-refractivity contribution in [2.24, 2.45) is 0 Å². The van der Waals surface area contributed by atoms with Gasteiger partial charge in [-0.3, -0.25) is 9.69 Å². The second kappa shape index (κ2) is 9.20. The first kappa shape index (κ1) is 14.9. The number of amides is 1. The van der Waals surface area contributed by atoms with E-state index in [1.807, 2.05) is 0 Å². The monoisotopic (exact) mass is 225 g/mol. The van der Waals surface area contributed by atoms with Crippen molar-refractivity contribution in [3.63, 3.8) is 0 Å². The topological polar surface area (TPSA) is 35.6 Å². The Bertz CT molecular complexity index is 233. The van der Waals surface area contributed by atoms with Gasteiger partial charge in [0.15, 0.2) is 0 Å². The fourth-order valence-electron chi connectivity index (χ4n) is 1.37. The molecule has 1 N–H and O–H groups in total. The molecule has 0 rings (SSSR count). The van der Waals surface area contributed by atoms with Crippen molar-refractivity contribution >= 4 is 5.91 Å². The van der Waals surface area contributed by atoms with Crippen molar-refractivity contribution in [1.82, 2.24) is 15.1 Å². The zero-order chi connectivity index (χ0) is 12.4. The van der Waals surface area contributed by atoms with E-state index in [1.165, 1.54) is 0 Å². The van der Waals surface area contributed by atoms with Crippen LogP contribution in [0.25, 0.3) is 0 Å². The molecule has 4 nitrogen and oxygen atoms in total. The van der Waals surface area contributed by atoms with Gasteiger partial charge in [-0.15, -0.1) is 6.42 Å². The number of likely N-dealkylation sites (N-methyl/N-ethyl adjacent to an activating group) is 1. The van der Waals surface area contributed by atoms with E-state index in [4.69, 9.17) is 6.42 Å². The van der Waals surface area contributed by atoms with Crippen molar-refractivity contribution in [1.29, 1.82) is 0 Å². The summed E-state index contributed by atoms with van der Waals surface area (Å²) >= 11 is 0. The van der Waals surface area contributed by atoms with E-state index in [0.29, 0.717) is 13.1 Å². The van der Waals surface area contributed by atoms with Gasteiger partial charge < -0.3 is 10.2 Å². The molecule has 16 heavy (non-hydrogen) atoms. The van der Waals surface area contributed by atoms with Gasteiger partial charge in [-0.2, -0.15) is 0 Å². The lowest BCUT2D eigenvalue weighted by molar-refractivity contribution is -0.122. The average Bonchev–Trinajstić information content (AvgIpc) is 2.24. The first-order chi connectivity index (χ1) is 7.60. The van der Waals surface area contributed by atoms with Gasteiger partial charge in [-0.05, 0) is 40.2 Å². The minimum atomic E-state index is 0.00431. The summed E-state index contributed by atoms with van der Waals surface area (Å²) < 4.78 is 0. The number of hydrogen-bond donors (Lipinski definition) is 1. The lowest BCUT2D eigenvalue weighted by Gasteiger charge is -2.20. The number of terminal acetylenes is 1. The Hall–Kier alpha value is -1.05. The molecule has 0 aromatic carbocycles. The fourth-order valence-corrected chi connectivity index (χ4v) is 1.37. The Morgan fingerprint density at radius 1 is 1.38 bits per heavy atom. The molecule has 0 atom stereocenters. The Balaban J connectivity index is 3.74. The Labute approximate surface area is 99.0 Å². The maximum Gasteiger partial charge on any atom is 0.234 e. The van der Waals surface area contributed by atoms with Crippen molar-refractivity contribution in [3.05, 3.63) is 0 Å². The highest BCUT2D eigenvalue weighted by Gasteiger charge is 2.07. The van der Waals surface area contributed by atoms with E-state index in [1.54, 1.807) is 0 Å². The SMILES string of the molecule is C#CCNC(=O)CN(CC)CCCN(C)C. The second-order valence-corrected chi connectivity index (χ2v) is 4.01. The maximum absolute atomic E-state index is 11.4. The third kappa shape index (κ3) is 8.27. The van der Waals surface area contributed by atoms with Crippen LogP contribution in [-0.2, 0) is 4.79 Å². The third-order valence-electron chi connectivity index (χ3n) is 2.28. The van der Waals surface area contributed by atoms with E-state index in [-0.39, 0.29) is 5.91 Å². The average molecular weight is 225 g/mol. The number of rotatable bonds is 8. The highest BCUT2D eigenvalue weighted by molar-refractivity contribution is 5.78. The van der Waals surface area contributed by atoms with E-state index < -0.39 is 0 Å². The summed E-state index contributed by atoms with van der Waals surface area (Å²) in [4.78, 5) is 15.7. The zero-order valence-corrected chi connectivity index (χ0v) is 10.6. The smallest absolute Gasteiger partial charge is 0.234 e. The number of nitrogens with zero attached hydrogens (tertiary/aromatic N) is 2. The summed E-state index contributed by atoms with van der Waals surface area (Å²) in [5.74, 6) is 2.40. The Kier molecular flexibility index (Phi) is 8.59. The molecule has 92 valence electrons. The fraction of sp³-hybridized carbons (Fsp3) is 0.750. The van der Waals surface area contributed by atoms with Gasteiger partial charge in [0.25, 0.3) is 0 Å². The predicted molar refractivity (Wildman–Crippen MR) is 67.1 cm³/mol. The highest BCUT2D eigenvalue weighted by Crippen LogP contribution is 1.92. The lowest BCUT2D eigenvalue weighted by Crippen LogP contribution is -2.38. The standard InChI is InChI=1S/C12H23N3O/c1-5-8-13-12(16)11-15(6-2)10-7-9-14(3)4/h1H,6-11H2,2-4H3,(H,13,16). The van der Waals surface area contributed by atoms with Crippen LogP contribution in [0.3, 0.4) is 0 Å². The highest BCUT2D eigenvalue weighted by atomic mass is 16.2. The molecule has 0 saturated heterocycles. The normalized spacial score (nSPS) is 10.5. The van der Waals surface area contributed by atoms with Crippen LogP contribution in [0.1, 0.15) is 13.3 Å². The second-order valence-electron chi connectivity index (χ2n) is 4.01. The van der Waals surface area contributed by atoms with Gasteiger partial charge in [0.2, 0.25) is 5.91 Å². The van der Waals surface area contributed by atoms with Crippen LogP contribution in [0, 0.1) is 12.3 Å². The van der Waals surface area contributed by atoms with Crippen LogP contribution in [0.4, 0.5) is 0 Å². The summed E-state index contributed by atoms with van der Waals surface area (Å²) in [6.07, 6.45) is 6.14. The van der Waals surface area contributed by atoms with Crippen LogP contribution in [0.5, 0.6) is 0 Å². The molecule has 4 heteroatoms. The van der Waals surface area contributed by atoms with Crippen LogP contribution in [-0.4, -0.2) is 62.5 Å². The lowest BCUT2D eigenvalue weighted by atomic mass is 10.3. The van der Waals surface area contributed by atoms with Crippen molar-refractivity contribution < 1.29 is 4.79 Å². The molecule has 0 bridgehead atoms. The molecule has 0 saturated carbocycles. The van der Waals surface area contributed by atoms with Gasteiger partial charge in [-0.25, -0.2) is 0 Å². The first-order valence-corrected chi connectivity index (χ1v) is 5.67. The number of nitrogens with one attached hydrogen (secondary N) is 1. The summed E-state index contributed by atoms with van der Waals surface area (Å²) in [6.45, 7) is 5.68. The molecule has 0 fully saturated rings. The summed E-state index contributed by atoms with van der Waals surface area (Å²) in [5.41, 5.74) is 0. The van der Waals surface area contributed by atoms with E-state index in [0.717, 1.165) is 26.1 Å². The largest absolute Gasteiger partial charge is 0.344 e. The van der Waals surface area contributed by atoms with E-state index in [2.05, 4.69) is 42.1 Å². The van der Waals surface area contributed by atoms with Gasteiger partial charge in [0.1, 0.15) is 0 Å². The van der Waals surface area contributed by atoms with Gasteiger partial charge in [0.05, 0.1) is 13.1 Å². The number of hydrogen-bond acceptors (Lipinski definition) is 3. The van der Waals surface area contributed by atoms with Crippen LogP contribution >= 0.6 is 0 Å². The molecular formula is C12H23N3O. The molecule has 0 aromatic rings. The molecule has 1 amide bonds. The zero-order valence-electron chi connectivity index (χ0n) is 10.6. The van der Waals surface area contributed by atoms with Crippen molar-refractivity contribution in [2.75, 3.05) is 46.8 Å². The van der Waals surface area contributed by atoms with E-state index >= 15 is 0 Å². The van der Waals surface area contributed by atoms with Gasteiger partial charge in [0, 0.05) is 0 Å². The molecule has 0 aliphatic heterocycles. The molecule has 0 aliphatic rings. The quantitative estimate of drug-likeness (QED) is 0.591. The van der Waals surface area contributed by atoms with E-state index in [9.17, 15) is 4.79 Å². The Morgan fingerprint density at radius 3 is 2.56 bits per heavy atom. The molecule has 0 spiro atoms. The summed E-state index contributed by atoms with van der Waals surface area (Å²) in [6, 6.07) is 0.